The minimum Gasteiger partial charge on any atom is -0.311 e. The van der Waals surface area contributed by atoms with Crippen molar-refractivity contribution < 1.29 is 0 Å². The monoisotopic (exact) mass is 251 g/mol. The molecular formula is C17H33N. The Kier molecular flexibility index (Phi) is 4.75. The summed E-state index contributed by atoms with van der Waals surface area (Å²) in [5.41, 5.74) is 0.605. The van der Waals surface area contributed by atoms with Gasteiger partial charge in [0.2, 0.25) is 0 Å². The van der Waals surface area contributed by atoms with Crippen molar-refractivity contribution >= 4 is 0 Å². The van der Waals surface area contributed by atoms with E-state index in [2.05, 4.69) is 33.0 Å². The molecule has 1 nitrogen and oxygen atoms in total. The third kappa shape index (κ3) is 3.98. The first-order valence-electron chi connectivity index (χ1n) is 8.22. The van der Waals surface area contributed by atoms with E-state index in [-0.39, 0.29) is 0 Å². The Labute approximate surface area is 114 Å². The SMILES string of the molecule is CC(C)C1CCC(NC2CCC(C)(C)CC2)CC1. The zero-order valence-corrected chi connectivity index (χ0v) is 13.0. The van der Waals surface area contributed by atoms with Crippen molar-refractivity contribution in [2.24, 2.45) is 17.3 Å². The molecule has 2 rings (SSSR count). The second-order valence-electron chi connectivity index (χ2n) is 7.96. The van der Waals surface area contributed by atoms with Gasteiger partial charge >= 0.3 is 0 Å². The molecule has 2 saturated carbocycles. The Morgan fingerprint density at radius 2 is 1.33 bits per heavy atom. The van der Waals surface area contributed by atoms with Crippen LogP contribution in [0.5, 0.6) is 0 Å². The van der Waals surface area contributed by atoms with Crippen molar-refractivity contribution in [2.75, 3.05) is 0 Å². The van der Waals surface area contributed by atoms with Gasteiger partial charge in [0.25, 0.3) is 0 Å². The zero-order valence-electron chi connectivity index (χ0n) is 13.0. The lowest BCUT2D eigenvalue weighted by molar-refractivity contribution is 0.174. The Hall–Kier alpha value is -0.0400. The molecule has 0 aliphatic heterocycles. The maximum absolute atomic E-state index is 3.96. The van der Waals surface area contributed by atoms with Gasteiger partial charge in [-0.15, -0.1) is 0 Å². The molecule has 2 aliphatic carbocycles. The molecule has 0 radical (unpaired) electrons. The Morgan fingerprint density at radius 1 is 0.833 bits per heavy atom. The van der Waals surface area contributed by atoms with Crippen molar-refractivity contribution in [1.29, 1.82) is 0 Å². The van der Waals surface area contributed by atoms with Crippen LogP contribution < -0.4 is 5.32 Å². The fourth-order valence-electron chi connectivity index (χ4n) is 3.85. The second-order valence-corrected chi connectivity index (χ2v) is 7.96. The molecule has 0 saturated heterocycles. The summed E-state index contributed by atoms with van der Waals surface area (Å²) < 4.78 is 0. The summed E-state index contributed by atoms with van der Waals surface area (Å²) in [6, 6.07) is 1.64. The zero-order chi connectivity index (χ0) is 13.2. The van der Waals surface area contributed by atoms with Crippen LogP contribution in [-0.2, 0) is 0 Å². The molecule has 1 heteroatoms. The normalized spacial score (nSPS) is 33.8. The lowest BCUT2D eigenvalue weighted by Gasteiger charge is -2.38. The highest BCUT2D eigenvalue weighted by Crippen LogP contribution is 2.36. The molecule has 2 fully saturated rings. The fourth-order valence-corrected chi connectivity index (χ4v) is 3.85. The van der Waals surface area contributed by atoms with E-state index in [4.69, 9.17) is 0 Å². The van der Waals surface area contributed by atoms with Crippen LogP contribution in [0.15, 0.2) is 0 Å². The first kappa shape index (κ1) is 14.4. The molecule has 0 aromatic heterocycles. The molecule has 18 heavy (non-hydrogen) atoms. The predicted octanol–water partition coefficient (Wildman–Crippen LogP) is 4.76. The van der Waals surface area contributed by atoms with Crippen LogP contribution in [0, 0.1) is 17.3 Å². The quantitative estimate of drug-likeness (QED) is 0.762. The highest BCUT2D eigenvalue weighted by molar-refractivity contribution is 4.86. The van der Waals surface area contributed by atoms with Crippen molar-refractivity contribution in [2.45, 2.75) is 91.1 Å². The minimum absolute atomic E-state index is 0.605. The van der Waals surface area contributed by atoms with Gasteiger partial charge in [0, 0.05) is 12.1 Å². The van der Waals surface area contributed by atoms with E-state index in [0.717, 1.165) is 23.9 Å². The van der Waals surface area contributed by atoms with Gasteiger partial charge in [0.05, 0.1) is 0 Å². The third-order valence-corrected chi connectivity index (χ3v) is 5.53. The van der Waals surface area contributed by atoms with Gasteiger partial charge in [-0.2, -0.15) is 0 Å². The van der Waals surface area contributed by atoms with Crippen LogP contribution >= 0.6 is 0 Å². The lowest BCUT2D eigenvalue weighted by atomic mass is 9.75. The predicted molar refractivity (Wildman–Crippen MR) is 79.8 cm³/mol. The van der Waals surface area contributed by atoms with Gasteiger partial charge in [-0.25, -0.2) is 0 Å². The Balaban J connectivity index is 1.69. The largest absolute Gasteiger partial charge is 0.311 e. The summed E-state index contributed by atoms with van der Waals surface area (Å²) in [5.74, 6) is 1.88. The van der Waals surface area contributed by atoms with Crippen LogP contribution in [0.3, 0.4) is 0 Å². The molecule has 0 aromatic rings. The second kappa shape index (κ2) is 5.94. The molecule has 0 spiro atoms. The minimum atomic E-state index is 0.605. The molecule has 1 N–H and O–H groups in total. The van der Waals surface area contributed by atoms with Crippen LogP contribution in [0.2, 0.25) is 0 Å². The first-order chi connectivity index (χ1) is 8.46. The number of nitrogens with one attached hydrogen (secondary N) is 1. The number of hydrogen-bond acceptors (Lipinski definition) is 1. The van der Waals surface area contributed by atoms with Crippen LogP contribution in [0.4, 0.5) is 0 Å². The van der Waals surface area contributed by atoms with Gasteiger partial charge in [0.15, 0.2) is 0 Å². The Bertz CT molecular complexity index is 238. The summed E-state index contributed by atoms with van der Waals surface area (Å²) in [7, 11) is 0. The van der Waals surface area contributed by atoms with Crippen molar-refractivity contribution in [3.8, 4) is 0 Å². The summed E-state index contributed by atoms with van der Waals surface area (Å²) in [6.07, 6.45) is 11.4. The average molecular weight is 251 g/mol. The van der Waals surface area contributed by atoms with Crippen molar-refractivity contribution in [3.63, 3.8) is 0 Å². The van der Waals surface area contributed by atoms with E-state index in [1.807, 2.05) is 0 Å². The Morgan fingerprint density at radius 3 is 1.83 bits per heavy atom. The molecular weight excluding hydrogens is 218 g/mol. The van der Waals surface area contributed by atoms with Gasteiger partial charge in [-0.3, -0.25) is 0 Å². The molecule has 0 aromatic carbocycles. The molecule has 0 heterocycles. The molecule has 0 bridgehead atoms. The molecule has 106 valence electrons. The van der Waals surface area contributed by atoms with Crippen LogP contribution in [-0.4, -0.2) is 12.1 Å². The van der Waals surface area contributed by atoms with Gasteiger partial charge in [-0.1, -0.05) is 27.7 Å². The first-order valence-corrected chi connectivity index (χ1v) is 8.22. The summed E-state index contributed by atoms with van der Waals surface area (Å²) in [5, 5.41) is 3.96. The standard InChI is InChI=1S/C17H33N/c1-13(2)14-5-7-15(8-6-14)18-16-9-11-17(3,4)12-10-16/h13-16,18H,5-12H2,1-4H3. The maximum atomic E-state index is 3.96. The van der Waals surface area contributed by atoms with Gasteiger partial charge in [0.1, 0.15) is 0 Å². The highest BCUT2D eigenvalue weighted by atomic mass is 15.0. The van der Waals surface area contributed by atoms with Gasteiger partial charge < -0.3 is 5.32 Å². The van der Waals surface area contributed by atoms with E-state index in [0.29, 0.717) is 5.41 Å². The maximum Gasteiger partial charge on any atom is 0.00700 e. The van der Waals surface area contributed by atoms with Crippen LogP contribution in [0.1, 0.15) is 79.1 Å². The number of hydrogen-bond donors (Lipinski definition) is 1. The fraction of sp³-hybridized carbons (Fsp3) is 1.00. The topological polar surface area (TPSA) is 12.0 Å². The summed E-state index contributed by atoms with van der Waals surface area (Å²) in [4.78, 5) is 0. The summed E-state index contributed by atoms with van der Waals surface area (Å²) in [6.45, 7) is 9.64. The summed E-state index contributed by atoms with van der Waals surface area (Å²) >= 11 is 0. The molecule has 0 amide bonds. The third-order valence-electron chi connectivity index (χ3n) is 5.53. The molecule has 0 unspecified atom stereocenters. The highest BCUT2D eigenvalue weighted by Gasteiger charge is 2.29. The van der Waals surface area contributed by atoms with Crippen molar-refractivity contribution in [1.82, 2.24) is 5.32 Å². The lowest BCUT2D eigenvalue weighted by Crippen LogP contribution is -2.43. The average Bonchev–Trinajstić information content (AvgIpc) is 2.33. The van der Waals surface area contributed by atoms with E-state index in [9.17, 15) is 0 Å². The van der Waals surface area contributed by atoms with Crippen LogP contribution in [0.25, 0.3) is 0 Å². The van der Waals surface area contributed by atoms with E-state index >= 15 is 0 Å². The van der Waals surface area contributed by atoms with E-state index in [1.165, 1.54) is 51.4 Å². The molecule has 2 aliphatic rings. The van der Waals surface area contributed by atoms with E-state index in [1.54, 1.807) is 0 Å². The van der Waals surface area contributed by atoms with Gasteiger partial charge in [-0.05, 0) is 68.6 Å². The van der Waals surface area contributed by atoms with Crippen molar-refractivity contribution in [3.05, 3.63) is 0 Å². The molecule has 0 atom stereocenters. The smallest absolute Gasteiger partial charge is 0.00700 e. The number of rotatable bonds is 3. The van der Waals surface area contributed by atoms with E-state index < -0.39 is 0 Å².